The second-order valence-electron chi connectivity index (χ2n) is 5.84. The number of hydrogen-bond donors (Lipinski definition) is 1. The standard InChI is InChI=1S/C16H20FN3/c17-15-6-3-7-16(14(15)10-18)19-12-8-9-20(11-12)13-4-1-2-5-13/h3,6-7,12-13,19H,1-2,4-5,8-9,11H2. The zero-order valence-electron chi connectivity index (χ0n) is 11.6. The molecule has 0 aromatic heterocycles. The first-order valence-electron chi connectivity index (χ1n) is 7.47. The normalized spacial score (nSPS) is 23.9. The van der Waals surface area contributed by atoms with Crippen LogP contribution in [0.15, 0.2) is 18.2 Å². The van der Waals surface area contributed by atoms with Crippen molar-refractivity contribution in [3.8, 4) is 6.07 Å². The second-order valence-corrected chi connectivity index (χ2v) is 5.84. The zero-order chi connectivity index (χ0) is 13.9. The van der Waals surface area contributed by atoms with E-state index in [4.69, 9.17) is 5.26 Å². The first-order chi connectivity index (χ1) is 9.78. The molecule has 1 aliphatic heterocycles. The van der Waals surface area contributed by atoms with Crippen molar-refractivity contribution < 1.29 is 4.39 Å². The largest absolute Gasteiger partial charge is 0.380 e. The molecule has 1 unspecified atom stereocenters. The quantitative estimate of drug-likeness (QED) is 0.919. The molecule has 0 bridgehead atoms. The van der Waals surface area contributed by atoms with Gasteiger partial charge in [-0.05, 0) is 31.4 Å². The smallest absolute Gasteiger partial charge is 0.143 e. The van der Waals surface area contributed by atoms with Crippen molar-refractivity contribution in [1.29, 1.82) is 5.26 Å². The van der Waals surface area contributed by atoms with E-state index in [2.05, 4.69) is 10.2 Å². The second kappa shape index (κ2) is 5.80. The maximum absolute atomic E-state index is 13.6. The molecule has 3 nitrogen and oxygen atoms in total. The molecule has 1 N–H and O–H groups in total. The summed E-state index contributed by atoms with van der Waals surface area (Å²) in [5, 5.41) is 12.4. The Morgan fingerprint density at radius 3 is 2.80 bits per heavy atom. The zero-order valence-corrected chi connectivity index (χ0v) is 11.6. The number of nitrogens with zero attached hydrogens (tertiary/aromatic N) is 2. The van der Waals surface area contributed by atoms with Gasteiger partial charge >= 0.3 is 0 Å². The molecule has 1 aliphatic carbocycles. The van der Waals surface area contributed by atoms with Gasteiger partial charge in [0.1, 0.15) is 17.4 Å². The molecular weight excluding hydrogens is 253 g/mol. The predicted molar refractivity (Wildman–Crippen MR) is 77.0 cm³/mol. The highest BCUT2D eigenvalue weighted by Gasteiger charge is 2.30. The van der Waals surface area contributed by atoms with Crippen molar-refractivity contribution >= 4 is 5.69 Å². The van der Waals surface area contributed by atoms with Crippen molar-refractivity contribution in [2.45, 2.75) is 44.2 Å². The van der Waals surface area contributed by atoms with E-state index in [-0.39, 0.29) is 5.56 Å². The molecule has 106 valence electrons. The van der Waals surface area contributed by atoms with Gasteiger partial charge in [0.2, 0.25) is 0 Å². The molecule has 0 radical (unpaired) electrons. The highest BCUT2D eigenvalue weighted by atomic mass is 19.1. The fourth-order valence-corrected chi connectivity index (χ4v) is 3.48. The molecule has 1 aromatic rings. The lowest BCUT2D eigenvalue weighted by molar-refractivity contribution is 0.245. The van der Waals surface area contributed by atoms with Crippen LogP contribution in [0.1, 0.15) is 37.7 Å². The molecular formula is C16H20FN3. The van der Waals surface area contributed by atoms with Crippen LogP contribution in [-0.4, -0.2) is 30.1 Å². The molecule has 2 aliphatic rings. The molecule has 0 spiro atoms. The number of nitriles is 1. The molecule has 3 rings (SSSR count). The van der Waals surface area contributed by atoms with E-state index in [0.29, 0.717) is 11.7 Å². The first-order valence-corrected chi connectivity index (χ1v) is 7.47. The van der Waals surface area contributed by atoms with E-state index in [0.717, 1.165) is 25.6 Å². The van der Waals surface area contributed by atoms with E-state index in [1.807, 2.05) is 6.07 Å². The molecule has 1 aromatic carbocycles. The summed E-state index contributed by atoms with van der Waals surface area (Å²) in [6, 6.07) is 7.80. The minimum Gasteiger partial charge on any atom is -0.380 e. The van der Waals surface area contributed by atoms with Crippen molar-refractivity contribution in [2.24, 2.45) is 0 Å². The maximum atomic E-state index is 13.6. The van der Waals surface area contributed by atoms with Crippen molar-refractivity contribution in [2.75, 3.05) is 18.4 Å². The number of rotatable bonds is 3. The van der Waals surface area contributed by atoms with Gasteiger partial charge < -0.3 is 5.32 Å². The summed E-state index contributed by atoms with van der Waals surface area (Å²) in [6.45, 7) is 2.12. The van der Waals surface area contributed by atoms with Crippen LogP contribution in [0, 0.1) is 17.1 Å². The molecule has 1 atom stereocenters. The third-order valence-corrected chi connectivity index (χ3v) is 4.55. The van der Waals surface area contributed by atoms with E-state index >= 15 is 0 Å². The van der Waals surface area contributed by atoms with Gasteiger partial charge in [-0.15, -0.1) is 0 Å². The number of halogens is 1. The van der Waals surface area contributed by atoms with Crippen LogP contribution >= 0.6 is 0 Å². The van der Waals surface area contributed by atoms with E-state index in [1.165, 1.54) is 31.7 Å². The lowest BCUT2D eigenvalue weighted by atomic mass is 10.1. The van der Waals surface area contributed by atoms with Crippen LogP contribution in [0.5, 0.6) is 0 Å². The third kappa shape index (κ3) is 2.64. The van der Waals surface area contributed by atoms with Gasteiger partial charge in [-0.1, -0.05) is 18.9 Å². The third-order valence-electron chi connectivity index (χ3n) is 4.55. The van der Waals surface area contributed by atoms with Crippen molar-refractivity contribution in [1.82, 2.24) is 4.90 Å². The number of nitrogens with one attached hydrogen (secondary N) is 1. The van der Waals surface area contributed by atoms with Crippen molar-refractivity contribution in [3.05, 3.63) is 29.6 Å². The number of hydrogen-bond acceptors (Lipinski definition) is 3. The number of benzene rings is 1. The average Bonchev–Trinajstić information content (AvgIpc) is 3.09. The van der Waals surface area contributed by atoms with Crippen LogP contribution in [0.25, 0.3) is 0 Å². The van der Waals surface area contributed by atoms with Crippen LogP contribution in [0.3, 0.4) is 0 Å². The van der Waals surface area contributed by atoms with Crippen LogP contribution in [0.2, 0.25) is 0 Å². The highest BCUT2D eigenvalue weighted by Crippen LogP contribution is 2.28. The van der Waals surface area contributed by atoms with Crippen LogP contribution < -0.4 is 5.32 Å². The average molecular weight is 273 g/mol. The molecule has 1 saturated heterocycles. The lowest BCUT2D eigenvalue weighted by Crippen LogP contribution is -2.33. The van der Waals surface area contributed by atoms with E-state index in [9.17, 15) is 4.39 Å². The Bertz CT molecular complexity index is 517. The molecule has 1 saturated carbocycles. The van der Waals surface area contributed by atoms with E-state index < -0.39 is 5.82 Å². The molecule has 4 heteroatoms. The van der Waals surface area contributed by atoms with Gasteiger partial charge in [-0.2, -0.15) is 5.26 Å². The maximum Gasteiger partial charge on any atom is 0.143 e. The van der Waals surface area contributed by atoms with Gasteiger partial charge in [0.25, 0.3) is 0 Å². The SMILES string of the molecule is N#Cc1c(F)cccc1NC1CCN(C2CCCC2)C1. The van der Waals surface area contributed by atoms with Gasteiger partial charge in [-0.25, -0.2) is 4.39 Å². The van der Waals surface area contributed by atoms with Crippen LogP contribution in [-0.2, 0) is 0 Å². The summed E-state index contributed by atoms with van der Waals surface area (Å²) in [7, 11) is 0. The molecule has 2 fully saturated rings. The minimum atomic E-state index is -0.442. The molecule has 0 amide bonds. The first kappa shape index (κ1) is 13.4. The van der Waals surface area contributed by atoms with Gasteiger partial charge in [0.15, 0.2) is 0 Å². The number of likely N-dealkylation sites (tertiary alicyclic amines) is 1. The fourth-order valence-electron chi connectivity index (χ4n) is 3.48. The Morgan fingerprint density at radius 1 is 1.25 bits per heavy atom. The van der Waals surface area contributed by atoms with Crippen molar-refractivity contribution in [3.63, 3.8) is 0 Å². The predicted octanol–water partition coefficient (Wildman–Crippen LogP) is 3.13. The minimum absolute atomic E-state index is 0.131. The topological polar surface area (TPSA) is 39.1 Å². The van der Waals surface area contributed by atoms with Gasteiger partial charge in [0, 0.05) is 25.2 Å². The summed E-state index contributed by atoms with van der Waals surface area (Å²) in [5.41, 5.74) is 0.762. The lowest BCUT2D eigenvalue weighted by Gasteiger charge is -2.23. The Kier molecular flexibility index (Phi) is 3.88. The summed E-state index contributed by atoms with van der Waals surface area (Å²) in [5.74, 6) is -0.442. The monoisotopic (exact) mass is 273 g/mol. The summed E-state index contributed by atoms with van der Waals surface area (Å²) in [4.78, 5) is 2.55. The Balaban J connectivity index is 1.65. The fraction of sp³-hybridized carbons (Fsp3) is 0.562. The van der Waals surface area contributed by atoms with Gasteiger partial charge in [-0.3, -0.25) is 4.90 Å². The summed E-state index contributed by atoms with van der Waals surface area (Å²) in [6.07, 6.45) is 6.40. The molecule has 20 heavy (non-hydrogen) atoms. The number of anilines is 1. The van der Waals surface area contributed by atoms with Gasteiger partial charge in [0.05, 0.1) is 5.69 Å². The highest BCUT2D eigenvalue weighted by molar-refractivity contribution is 5.58. The Labute approximate surface area is 119 Å². The Morgan fingerprint density at radius 2 is 2.05 bits per heavy atom. The Hall–Kier alpha value is -1.60. The summed E-state index contributed by atoms with van der Waals surface area (Å²) < 4.78 is 13.6. The molecule has 1 heterocycles. The summed E-state index contributed by atoms with van der Waals surface area (Å²) >= 11 is 0. The van der Waals surface area contributed by atoms with Crippen LogP contribution in [0.4, 0.5) is 10.1 Å². The van der Waals surface area contributed by atoms with E-state index in [1.54, 1.807) is 12.1 Å².